The van der Waals surface area contributed by atoms with Crippen LogP contribution in [0.15, 0.2) is 23.1 Å². The molecule has 22 heavy (non-hydrogen) atoms. The molecule has 14 heteroatoms. The minimum atomic E-state index is -6.98. The predicted octanol–water partition coefficient (Wildman–Crippen LogP) is -0.498. The van der Waals surface area contributed by atoms with Gasteiger partial charge in [0.25, 0.3) is 9.84 Å². The second-order valence-electron chi connectivity index (χ2n) is 3.54. The van der Waals surface area contributed by atoms with E-state index in [4.69, 9.17) is 23.2 Å². The molecule has 0 N–H and O–H groups in total. The number of halogens is 6. The van der Waals surface area contributed by atoms with Crippen molar-refractivity contribution in [2.24, 2.45) is 0 Å². The van der Waals surface area contributed by atoms with E-state index in [-0.39, 0.29) is 18.9 Å². The fourth-order valence-corrected chi connectivity index (χ4v) is 4.32. The van der Waals surface area contributed by atoms with Crippen molar-refractivity contribution in [1.82, 2.24) is 0 Å². The molecule has 5 nitrogen and oxygen atoms in total. The van der Waals surface area contributed by atoms with Gasteiger partial charge in [-0.3, -0.25) is 0 Å². The van der Waals surface area contributed by atoms with Gasteiger partial charge >= 0.3 is 29.4 Å². The third-order valence-corrected chi connectivity index (χ3v) is 5.95. The summed E-state index contributed by atoms with van der Waals surface area (Å²) in [4.78, 5) is -1.61. The van der Waals surface area contributed by atoms with Crippen LogP contribution in [0.1, 0.15) is 0 Å². The Balaban J connectivity index is 0.00000441. The number of sulfone groups is 1. The van der Waals surface area contributed by atoms with Crippen LogP contribution >= 0.6 is 23.2 Å². The van der Waals surface area contributed by atoms with Crippen molar-refractivity contribution < 1.29 is 57.8 Å². The summed E-state index contributed by atoms with van der Waals surface area (Å²) in [5.41, 5.74) is 0. The van der Waals surface area contributed by atoms with Crippen molar-refractivity contribution in [3.63, 3.8) is 0 Å². The minimum absolute atomic E-state index is 0. The molecule has 0 unspecified atom stereocenters. The molecule has 120 valence electrons. The second kappa shape index (κ2) is 6.47. The van der Waals surface area contributed by atoms with Crippen molar-refractivity contribution in [2.45, 2.75) is 15.4 Å². The Morgan fingerprint density at radius 2 is 1.27 bits per heavy atom. The molecule has 0 saturated heterocycles. The van der Waals surface area contributed by atoms with Crippen LogP contribution in [0.25, 0.3) is 0 Å². The topological polar surface area (TPSA) is 91.3 Å². The van der Waals surface area contributed by atoms with Gasteiger partial charge in [0.05, 0.1) is 10.0 Å². The van der Waals surface area contributed by atoms with Gasteiger partial charge in [0.15, 0.2) is 10.1 Å². The molecule has 1 rings (SSSR count). The van der Waals surface area contributed by atoms with E-state index >= 15 is 0 Å². The molecule has 0 aliphatic carbocycles. The Bertz CT molecular complexity index is 761. The van der Waals surface area contributed by atoms with E-state index in [0.717, 1.165) is 18.2 Å². The molecule has 1 aromatic rings. The molecule has 0 aliphatic rings. The molecule has 0 heterocycles. The SMILES string of the molecule is O=S(=O)([O-])C(F)(F)C(F)(F)S(=O)(=O)c1c(Cl)cccc1Cl.[Li+]. The molecule has 1 aromatic carbocycles. The smallest absolute Gasteiger partial charge is 0.743 e. The van der Waals surface area contributed by atoms with Gasteiger partial charge < -0.3 is 4.55 Å². The van der Waals surface area contributed by atoms with E-state index in [1.165, 1.54) is 0 Å². The van der Waals surface area contributed by atoms with Crippen molar-refractivity contribution in [1.29, 1.82) is 0 Å². The van der Waals surface area contributed by atoms with E-state index in [0.29, 0.717) is 0 Å². The van der Waals surface area contributed by atoms with Crippen molar-refractivity contribution in [2.75, 3.05) is 0 Å². The summed E-state index contributed by atoms with van der Waals surface area (Å²) in [6.45, 7) is 0. The molecule has 0 atom stereocenters. The monoisotopic (exact) mass is 396 g/mol. The van der Waals surface area contributed by atoms with Crippen LogP contribution in [0.5, 0.6) is 0 Å². The standard InChI is InChI=1S/C8H4Cl2F4O5S2.Li/c9-4-2-1-3-5(10)6(4)20(15,16)7(11,12)8(13,14)21(17,18)19;/h1-3H,(H,17,18,19);/q;+1/p-1. The van der Waals surface area contributed by atoms with Gasteiger partial charge in [0.1, 0.15) is 4.90 Å². The zero-order valence-corrected chi connectivity index (χ0v) is 13.5. The normalized spacial score (nSPS) is 13.6. The molecule has 0 spiro atoms. The quantitative estimate of drug-likeness (QED) is 0.388. The maximum Gasteiger partial charge on any atom is 1.00 e. The van der Waals surface area contributed by atoms with Crippen LogP contribution in [0.4, 0.5) is 17.6 Å². The van der Waals surface area contributed by atoms with Crippen molar-refractivity contribution in [3.8, 4) is 0 Å². The largest absolute Gasteiger partial charge is 1.00 e. The van der Waals surface area contributed by atoms with E-state index in [2.05, 4.69) is 0 Å². The van der Waals surface area contributed by atoms with Gasteiger partial charge in [-0.25, -0.2) is 16.8 Å². The van der Waals surface area contributed by atoms with E-state index in [1.54, 1.807) is 0 Å². The molecule has 0 aromatic heterocycles. The summed E-state index contributed by atoms with van der Waals surface area (Å²) in [6, 6.07) is 2.53. The maximum absolute atomic E-state index is 13.5. The summed E-state index contributed by atoms with van der Waals surface area (Å²) in [7, 11) is -13.3. The summed E-state index contributed by atoms with van der Waals surface area (Å²) >= 11 is 10.6. The minimum Gasteiger partial charge on any atom is -0.743 e. The summed E-state index contributed by atoms with van der Waals surface area (Å²) < 4.78 is 107. The van der Waals surface area contributed by atoms with Crippen LogP contribution in [0.3, 0.4) is 0 Å². The van der Waals surface area contributed by atoms with Crippen molar-refractivity contribution in [3.05, 3.63) is 28.2 Å². The number of rotatable bonds is 4. The van der Waals surface area contributed by atoms with Crippen LogP contribution < -0.4 is 18.9 Å². The first-order valence-electron chi connectivity index (χ1n) is 4.57. The number of hydrogen-bond acceptors (Lipinski definition) is 5. The zero-order chi connectivity index (χ0) is 16.9. The summed E-state index contributed by atoms with van der Waals surface area (Å²) in [5.74, 6) is 0. The number of alkyl halides is 4. The Labute approximate surface area is 144 Å². The third kappa shape index (κ3) is 3.26. The van der Waals surface area contributed by atoms with Crippen LogP contribution in [0, 0.1) is 0 Å². The van der Waals surface area contributed by atoms with E-state index in [9.17, 15) is 39.0 Å². The predicted molar refractivity (Wildman–Crippen MR) is 63.2 cm³/mol. The molecule has 0 radical (unpaired) electrons. The van der Waals surface area contributed by atoms with Gasteiger partial charge in [0.2, 0.25) is 0 Å². The molecule has 0 amide bonds. The van der Waals surface area contributed by atoms with Crippen LogP contribution in [-0.4, -0.2) is 31.9 Å². The first kappa shape index (κ1) is 22.0. The molecule has 0 fully saturated rings. The van der Waals surface area contributed by atoms with Gasteiger partial charge in [-0.15, -0.1) is 0 Å². The molecular formula is C8H3Cl2F4LiO5S2. The first-order valence-corrected chi connectivity index (χ1v) is 8.22. The number of hydrogen-bond donors (Lipinski definition) is 0. The van der Waals surface area contributed by atoms with Gasteiger partial charge in [-0.05, 0) is 12.1 Å². The molecule has 0 aliphatic heterocycles. The van der Waals surface area contributed by atoms with Gasteiger partial charge in [0, 0.05) is 0 Å². The van der Waals surface area contributed by atoms with E-state index < -0.39 is 45.4 Å². The fourth-order valence-electron chi connectivity index (χ4n) is 1.17. The molecular weight excluding hydrogens is 394 g/mol. The Morgan fingerprint density at radius 3 is 1.59 bits per heavy atom. The summed E-state index contributed by atoms with van der Waals surface area (Å²) in [5, 5.41) is -14.6. The van der Waals surface area contributed by atoms with Crippen LogP contribution in [0.2, 0.25) is 10.0 Å². The average molecular weight is 397 g/mol. The van der Waals surface area contributed by atoms with E-state index in [1.807, 2.05) is 0 Å². The summed E-state index contributed by atoms with van der Waals surface area (Å²) in [6.07, 6.45) is 0. The van der Waals surface area contributed by atoms with Gasteiger partial charge in [-0.2, -0.15) is 17.6 Å². The molecule has 0 bridgehead atoms. The van der Waals surface area contributed by atoms with Gasteiger partial charge in [-0.1, -0.05) is 29.3 Å². The fraction of sp³-hybridized carbons (Fsp3) is 0.250. The number of benzene rings is 1. The third-order valence-electron chi connectivity index (χ3n) is 2.18. The van der Waals surface area contributed by atoms with Crippen molar-refractivity contribution >= 4 is 43.2 Å². The second-order valence-corrected chi connectivity index (χ2v) is 7.71. The Morgan fingerprint density at radius 1 is 0.909 bits per heavy atom. The zero-order valence-electron chi connectivity index (χ0n) is 10.4. The Hall–Kier alpha value is -0.0226. The van der Waals surface area contributed by atoms with Crippen LogP contribution in [-0.2, 0) is 20.0 Å². The molecule has 0 saturated carbocycles. The average Bonchev–Trinajstić information content (AvgIpc) is 2.26. The maximum atomic E-state index is 13.5. The Kier molecular flexibility index (Phi) is 6.46. The first-order chi connectivity index (χ1) is 9.18.